The van der Waals surface area contributed by atoms with Crippen LogP contribution in [0.1, 0.15) is 5.56 Å². The standard InChI is InChI=1S/C13H11BrN4O/c14-10-5-3-7-18-12(10)16-13(17-18)15-8-9-4-1-2-6-11(9)19/h1-7,19H,8H2,(H,15,17). The Balaban J connectivity index is 1.83. The topological polar surface area (TPSA) is 62.5 Å². The van der Waals surface area contributed by atoms with E-state index in [0.29, 0.717) is 12.5 Å². The van der Waals surface area contributed by atoms with Crippen LogP contribution < -0.4 is 5.32 Å². The molecule has 2 N–H and O–H groups in total. The minimum absolute atomic E-state index is 0.264. The molecule has 0 saturated heterocycles. The second kappa shape index (κ2) is 4.89. The Hall–Kier alpha value is -2.08. The fraction of sp³-hybridized carbons (Fsp3) is 0.0769. The van der Waals surface area contributed by atoms with Crippen molar-refractivity contribution in [2.75, 3.05) is 5.32 Å². The molecule has 0 unspecified atom stereocenters. The van der Waals surface area contributed by atoms with Crippen LogP contribution in [0.15, 0.2) is 47.1 Å². The molecule has 0 spiro atoms. The van der Waals surface area contributed by atoms with E-state index in [2.05, 4.69) is 31.3 Å². The molecule has 2 heterocycles. The summed E-state index contributed by atoms with van der Waals surface area (Å²) in [6, 6.07) is 11.0. The van der Waals surface area contributed by atoms with E-state index in [4.69, 9.17) is 0 Å². The van der Waals surface area contributed by atoms with Gasteiger partial charge in [0.15, 0.2) is 5.65 Å². The maximum Gasteiger partial charge on any atom is 0.243 e. The number of anilines is 1. The van der Waals surface area contributed by atoms with Gasteiger partial charge in [-0.1, -0.05) is 18.2 Å². The molecule has 0 saturated carbocycles. The van der Waals surface area contributed by atoms with Gasteiger partial charge in [-0.05, 0) is 34.1 Å². The van der Waals surface area contributed by atoms with Gasteiger partial charge in [0.25, 0.3) is 0 Å². The molecule has 2 aromatic heterocycles. The van der Waals surface area contributed by atoms with Crippen LogP contribution in [0.5, 0.6) is 5.75 Å². The Morgan fingerprint density at radius 1 is 1.21 bits per heavy atom. The normalized spacial score (nSPS) is 10.8. The number of phenolic OH excluding ortho intramolecular Hbond substituents is 1. The van der Waals surface area contributed by atoms with Crippen molar-refractivity contribution >= 4 is 27.5 Å². The average Bonchev–Trinajstić information content (AvgIpc) is 2.82. The fourth-order valence-corrected chi connectivity index (χ4v) is 2.21. The maximum absolute atomic E-state index is 9.68. The largest absolute Gasteiger partial charge is 0.508 e. The summed E-state index contributed by atoms with van der Waals surface area (Å²) in [5.74, 6) is 0.787. The van der Waals surface area contributed by atoms with Crippen molar-refractivity contribution in [1.82, 2.24) is 14.6 Å². The van der Waals surface area contributed by atoms with Gasteiger partial charge in [-0.15, -0.1) is 5.10 Å². The Kier molecular flexibility index (Phi) is 3.08. The van der Waals surface area contributed by atoms with Gasteiger partial charge in [-0.25, -0.2) is 4.52 Å². The number of halogens is 1. The van der Waals surface area contributed by atoms with Crippen LogP contribution in [0.3, 0.4) is 0 Å². The van der Waals surface area contributed by atoms with Crippen LogP contribution in [-0.4, -0.2) is 19.7 Å². The predicted octanol–water partition coefficient (Wildman–Crippen LogP) is 2.81. The minimum atomic E-state index is 0.264. The summed E-state index contributed by atoms with van der Waals surface area (Å²) in [5, 5.41) is 17.1. The zero-order valence-corrected chi connectivity index (χ0v) is 11.5. The summed E-state index contributed by atoms with van der Waals surface area (Å²) in [5.41, 5.74) is 1.56. The maximum atomic E-state index is 9.68. The van der Waals surface area contributed by atoms with Gasteiger partial charge in [0.1, 0.15) is 5.75 Å². The molecule has 0 aliphatic carbocycles. The number of hydrogen-bond donors (Lipinski definition) is 2. The number of phenols is 1. The Morgan fingerprint density at radius 3 is 2.84 bits per heavy atom. The first-order valence-electron chi connectivity index (χ1n) is 5.76. The Bertz CT molecular complexity index is 725. The minimum Gasteiger partial charge on any atom is -0.508 e. The van der Waals surface area contributed by atoms with Crippen molar-refractivity contribution in [2.24, 2.45) is 0 Å². The molecule has 3 aromatic rings. The predicted molar refractivity (Wildman–Crippen MR) is 76.1 cm³/mol. The van der Waals surface area contributed by atoms with Crippen LogP contribution >= 0.6 is 15.9 Å². The van der Waals surface area contributed by atoms with Crippen LogP contribution in [-0.2, 0) is 6.54 Å². The molecule has 0 radical (unpaired) electrons. The van der Waals surface area contributed by atoms with Crippen molar-refractivity contribution in [3.05, 3.63) is 52.6 Å². The van der Waals surface area contributed by atoms with Crippen LogP contribution in [0.2, 0.25) is 0 Å². The van der Waals surface area contributed by atoms with Crippen molar-refractivity contribution in [3.8, 4) is 5.75 Å². The zero-order valence-electron chi connectivity index (χ0n) is 9.92. The van der Waals surface area contributed by atoms with E-state index in [1.165, 1.54) is 0 Å². The molecule has 1 aromatic carbocycles. The summed E-state index contributed by atoms with van der Waals surface area (Å²) in [7, 11) is 0. The third-order valence-corrected chi connectivity index (χ3v) is 3.36. The molecule has 5 nitrogen and oxygen atoms in total. The summed E-state index contributed by atoms with van der Waals surface area (Å²) in [6.07, 6.45) is 1.83. The number of para-hydroxylation sites is 1. The van der Waals surface area contributed by atoms with Crippen LogP contribution in [0.4, 0.5) is 5.95 Å². The van der Waals surface area contributed by atoms with Crippen LogP contribution in [0, 0.1) is 0 Å². The highest BCUT2D eigenvalue weighted by molar-refractivity contribution is 9.10. The lowest BCUT2D eigenvalue weighted by molar-refractivity contribution is 0.469. The molecular weight excluding hydrogens is 308 g/mol. The van der Waals surface area contributed by atoms with Gasteiger partial charge in [0, 0.05) is 18.3 Å². The third kappa shape index (κ3) is 2.39. The summed E-state index contributed by atoms with van der Waals surface area (Å²) < 4.78 is 2.58. The van der Waals surface area contributed by atoms with Gasteiger partial charge in [-0.2, -0.15) is 4.98 Å². The van der Waals surface area contributed by atoms with Gasteiger partial charge < -0.3 is 10.4 Å². The molecule has 0 aliphatic rings. The number of hydrogen-bond acceptors (Lipinski definition) is 4. The van der Waals surface area contributed by atoms with Gasteiger partial charge >= 0.3 is 0 Å². The van der Waals surface area contributed by atoms with E-state index in [1.807, 2.05) is 30.5 Å². The smallest absolute Gasteiger partial charge is 0.243 e. The van der Waals surface area contributed by atoms with E-state index in [1.54, 1.807) is 16.6 Å². The van der Waals surface area contributed by atoms with E-state index >= 15 is 0 Å². The number of rotatable bonds is 3. The highest BCUT2D eigenvalue weighted by Crippen LogP contribution is 2.19. The number of aromatic nitrogens is 3. The molecule has 0 amide bonds. The monoisotopic (exact) mass is 318 g/mol. The highest BCUT2D eigenvalue weighted by atomic mass is 79.9. The van der Waals surface area contributed by atoms with Crippen molar-refractivity contribution in [1.29, 1.82) is 0 Å². The van der Waals surface area contributed by atoms with E-state index in [-0.39, 0.29) is 5.75 Å². The average molecular weight is 319 g/mol. The van der Waals surface area contributed by atoms with Crippen molar-refractivity contribution in [3.63, 3.8) is 0 Å². The molecule has 0 atom stereocenters. The second-order valence-corrected chi connectivity index (χ2v) is 4.90. The summed E-state index contributed by atoms with van der Waals surface area (Å²) in [4.78, 5) is 4.37. The number of aromatic hydroxyl groups is 1. The van der Waals surface area contributed by atoms with Crippen LogP contribution in [0.25, 0.3) is 5.65 Å². The van der Waals surface area contributed by atoms with Gasteiger partial charge in [-0.3, -0.25) is 0 Å². The Labute approximate surface area is 118 Å². The fourth-order valence-electron chi connectivity index (χ4n) is 1.78. The molecule has 6 heteroatoms. The zero-order chi connectivity index (χ0) is 13.2. The van der Waals surface area contributed by atoms with Gasteiger partial charge in [0.2, 0.25) is 5.95 Å². The number of nitrogens with one attached hydrogen (secondary N) is 1. The third-order valence-electron chi connectivity index (χ3n) is 2.74. The van der Waals surface area contributed by atoms with Crippen molar-refractivity contribution in [2.45, 2.75) is 6.54 Å². The number of benzene rings is 1. The molecular formula is C13H11BrN4O. The molecule has 0 fully saturated rings. The first-order valence-corrected chi connectivity index (χ1v) is 6.55. The molecule has 0 aliphatic heterocycles. The van der Waals surface area contributed by atoms with Crippen molar-refractivity contribution < 1.29 is 5.11 Å². The second-order valence-electron chi connectivity index (χ2n) is 4.04. The molecule has 96 valence electrons. The lowest BCUT2D eigenvalue weighted by Gasteiger charge is -2.03. The quantitative estimate of drug-likeness (QED) is 0.779. The molecule has 19 heavy (non-hydrogen) atoms. The number of nitrogens with zero attached hydrogens (tertiary/aromatic N) is 3. The SMILES string of the molecule is Oc1ccccc1CNc1nc2c(Br)cccn2n1. The number of pyridine rings is 1. The summed E-state index contributed by atoms with van der Waals surface area (Å²) in [6.45, 7) is 0.473. The van der Waals surface area contributed by atoms with E-state index in [9.17, 15) is 5.11 Å². The summed E-state index contributed by atoms with van der Waals surface area (Å²) >= 11 is 3.43. The first kappa shape index (κ1) is 12.0. The highest BCUT2D eigenvalue weighted by Gasteiger charge is 2.06. The lowest BCUT2D eigenvalue weighted by atomic mass is 10.2. The molecule has 3 rings (SSSR count). The Morgan fingerprint density at radius 2 is 2.05 bits per heavy atom. The molecule has 0 bridgehead atoms. The first-order chi connectivity index (χ1) is 9.24. The van der Waals surface area contributed by atoms with E-state index in [0.717, 1.165) is 15.7 Å². The lowest BCUT2D eigenvalue weighted by Crippen LogP contribution is -2.01. The van der Waals surface area contributed by atoms with Gasteiger partial charge in [0.05, 0.1) is 4.47 Å². The van der Waals surface area contributed by atoms with E-state index < -0.39 is 0 Å². The number of fused-ring (bicyclic) bond motifs is 1.